The lowest BCUT2D eigenvalue weighted by atomic mass is 9.97. The first-order chi connectivity index (χ1) is 8.69. The summed E-state index contributed by atoms with van der Waals surface area (Å²) in [5.41, 5.74) is 4.25. The monoisotopic (exact) mass is 263 g/mol. The highest BCUT2D eigenvalue weighted by molar-refractivity contribution is 8.00. The average Bonchev–Trinajstić information content (AvgIpc) is 2.36. The third-order valence-electron chi connectivity index (χ3n) is 3.77. The molecule has 0 radical (unpaired) electrons. The minimum absolute atomic E-state index is 0.622. The van der Waals surface area contributed by atoms with E-state index in [0.717, 1.165) is 11.7 Å². The number of likely N-dealkylation sites (N-methyl/N-ethyl adjacent to an activating group) is 1. The Hall–Kier alpha value is -0.470. The topological polar surface area (TPSA) is 12.0 Å². The summed E-state index contributed by atoms with van der Waals surface area (Å²) >= 11 is 2.16. The molecule has 1 aliphatic rings. The normalized spacial score (nSPS) is 21.8. The molecule has 1 aliphatic heterocycles. The number of rotatable bonds is 4. The first-order valence-electron chi connectivity index (χ1n) is 7.05. The number of hydrogen-bond donors (Lipinski definition) is 1. The van der Waals surface area contributed by atoms with Crippen molar-refractivity contribution in [1.82, 2.24) is 5.32 Å². The van der Waals surface area contributed by atoms with Crippen molar-refractivity contribution in [2.45, 2.75) is 50.8 Å². The van der Waals surface area contributed by atoms with E-state index in [1.807, 2.05) is 0 Å². The number of thioether (sulfide) groups is 1. The molecule has 1 aromatic rings. The van der Waals surface area contributed by atoms with Gasteiger partial charge >= 0.3 is 0 Å². The first-order valence-corrected chi connectivity index (χ1v) is 8.10. The Kier molecular flexibility index (Phi) is 5.13. The second-order valence-electron chi connectivity index (χ2n) is 5.50. The largest absolute Gasteiger partial charge is 0.316 e. The van der Waals surface area contributed by atoms with Crippen LogP contribution in [0.1, 0.15) is 36.0 Å². The predicted molar refractivity (Wildman–Crippen MR) is 82.6 cm³/mol. The third kappa shape index (κ3) is 3.76. The molecular weight excluding hydrogens is 238 g/mol. The smallest absolute Gasteiger partial charge is 0.0223 e. The maximum Gasteiger partial charge on any atom is 0.0223 e. The maximum atomic E-state index is 3.54. The van der Waals surface area contributed by atoms with Crippen LogP contribution in [0.15, 0.2) is 18.2 Å². The van der Waals surface area contributed by atoms with Crippen LogP contribution >= 0.6 is 11.8 Å². The van der Waals surface area contributed by atoms with Gasteiger partial charge in [-0.2, -0.15) is 11.8 Å². The van der Waals surface area contributed by atoms with Crippen molar-refractivity contribution < 1.29 is 0 Å². The molecule has 0 spiro atoms. The number of aryl methyl sites for hydroxylation is 2. The second-order valence-corrected chi connectivity index (χ2v) is 6.85. The van der Waals surface area contributed by atoms with Crippen LogP contribution in [0.4, 0.5) is 0 Å². The lowest BCUT2D eigenvalue weighted by molar-refractivity contribution is 0.494. The summed E-state index contributed by atoms with van der Waals surface area (Å²) in [7, 11) is 2.11. The number of benzene rings is 1. The summed E-state index contributed by atoms with van der Waals surface area (Å²) in [5.74, 6) is 1.34. The molecule has 100 valence electrons. The molecule has 1 heterocycles. The van der Waals surface area contributed by atoms with Crippen LogP contribution in [0, 0.1) is 13.8 Å². The van der Waals surface area contributed by atoms with Gasteiger partial charge in [-0.05, 0) is 51.5 Å². The fourth-order valence-corrected chi connectivity index (χ4v) is 4.41. The highest BCUT2D eigenvalue weighted by Crippen LogP contribution is 2.29. The molecule has 0 aromatic heterocycles. The zero-order chi connectivity index (χ0) is 13.0. The Bertz CT molecular complexity index is 362. The van der Waals surface area contributed by atoms with Crippen LogP contribution in [0.3, 0.4) is 0 Å². The third-order valence-corrected chi connectivity index (χ3v) is 5.29. The van der Waals surface area contributed by atoms with Gasteiger partial charge in [0.2, 0.25) is 0 Å². The van der Waals surface area contributed by atoms with Crippen LogP contribution in [-0.2, 0) is 6.42 Å². The van der Waals surface area contributed by atoms with E-state index < -0.39 is 0 Å². The van der Waals surface area contributed by atoms with Gasteiger partial charge in [0.25, 0.3) is 0 Å². The van der Waals surface area contributed by atoms with Crippen LogP contribution in [0.5, 0.6) is 0 Å². The van der Waals surface area contributed by atoms with Gasteiger partial charge in [0.1, 0.15) is 0 Å². The van der Waals surface area contributed by atoms with Crippen molar-refractivity contribution in [2.75, 3.05) is 12.8 Å². The van der Waals surface area contributed by atoms with Crippen molar-refractivity contribution in [3.8, 4) is 0 Å². The van der Waals surface area contributed by atoms with Crippen LogP contribution in [-0.4, -0.2) is 24.1 Å². The summed E-state index contributed by atoms with van der Waals surface area (Å²) in [6, 6.07) is 7.56. The molecule has 2 unspecified atom stereocenters. The Balaban J connectivity index is 2.04. The van der Waals surface area contributed by atoms with Gasteiger partial charge in [-0.15, -0.1) is 0 Å². The molecule has 0 saturated carbocycles. The summed E-state index contributed by atoms with van der Waals surface area (Å²) in [6.45, 7) is 4.39. The Labute approximate surface area is 116 Å². The quantitative estimate of drug-likeness (QED) is 0.888. The molecule has 0 bridgehead atoms. The van der Waals surface area contributed by atoms with Crippen molar-refractivity contribution >= 4 is 11.8 Å². The van der Waals surface area contributed by atoms with Gasteiger partial charge in [-0.1, -0.05) is 35.7 Å². The van der Waals surface area contributed by atoms with Crippen molar-refractivity contribution in [3.63, 3.8) is 0 Å². The number of nitrogens with one attached hydrogen (secondary N) is 1. The van der Waals surface area contributed by atoms with Crippen molar-refractivity contribution in [1.29, 1.82) is 0 Å². The number of hydrogen-bond acceptors (Lipinski definition) is 2. The molecule has 2 rings (SSSR count). The zero-order valence-corrected chi connectivity index (χ0v) is 12.6. The minimum atomic E-state index is 0.622. The van der Waals surface area contributed by atoms with Crippen LogP contribution in [0.25, 0.3) is 0 Å². The maximum absolute atomic E-state index is 3.54. The van der Waals surface area contributed by atoms with E-state index in [2.05, 4.69) is 56.2 Å². The molecular formula is C16H25NS. The lowest BCUT2D eigenvalue weighted by Crippen LogP contribution is -2.39. The standard InChI is InChI=1S/C16H25NS/c1-12-8-13(2)10-14(9-12)11-15(17-3)16-6-4-5-7-18-16/h8-10,15-17H,4-7,11H2,1-3H3. The molecule has 18 heavy (non-hydrogen) atoms. The fraction of sp³-hybridized carbons (Fsp3) is 0.625. The van der Waals surface area contributed by atoms with E-state index in [1.165, 1.54) is 41.7 Å². The van der Waals surface area contributed by atoms with Gasteiger partial charge in [0.15, 0.2) is 0 Å². The van der Waals surface area contributed by atoms with Crippen LogP contribution < -0.4 is 5.32 Å². The van der Waals surface area contributed by atoms with Gasteiger partial charge in [0, 0.05) is 11.3 Å². The van der Waals surface area contributed by atoms with Crippen molar-refractivity contribution in [3.05, 3.63) is 34.9 Å². The fourth-order valence-electron chi connectivity index (χ4n) is 2.94. The molecule has 1 N–H and O–H groups in total. The second kappa shape index (κ2) is 6.63. The summed E-state index contributed by atoms with van der Waals surface area (Å²) in [4.78, 5) is 0. The highest BCUT2D eigenvalue weighted by atomic mass is 32.2. The highest BCUT2D eigenvalue weighted by Gasteiger charge is 2.23. The summed E-state index contributed by atoms with van der Waals surface area (Å²) in [6.07, 6.45) is 5.35. The van der Waals surface area contributed by atoms with Gasteiger partial charge < -0.3 is 5.32 Å². The predicted octanol–water partition coefficient (Wildman–Crippen LogP) is 3.72. The Morgan fingerprint density at radius 3 is 2.50 bits per heavy atom. The molecule has 0 aliphatic carbocycles. The zero-order valence-electron chi connectivity index (χ0n) is 11.8. The first kappa shape index (κ1) is 14.0. The van der Waals surface area contributed by atoms with Gasteiger partial charge in [0.05, 0.1) is 0 Å². The van der Waals surface area contributed by atoms with Gasteiger partial charge in [-0.3, -0.25) is 0 Å². The summed E-state index contributed by atoms with van der Waals surface area (Å²) in [5, 5.41) is 4.33. The molecule has 0 amide bonds. The minimum Gasteiger partial charge on any atom is -0.316 e. The SMILES string of the molecule is CNC(Cc1cc(C)cc(C)c1)C1CCCCS1. The molecule has 1 fully saturated rings. The van der Waals surface area contributed by atoms with E-state index in [-0.39, 0.29) is 0 Å². The Morgan fingerprint density at radius 2 is 1.94 bits per heavy atom. The van der Waals surface area contributed by atoms with E-state index in [4.69, 9.17) is 0 Å². The van der Waals surface area contributed by atoms with Crippen LogP contribution in [0.2, 0.25) is 0 Å². The summed E-state index contributed by atoms with van der Waals surface area (Å²) < 4.78 is 0. The average molecular weight is 263 g/mol. The van der Waals surface area contributed by atoms with E-state index in [0.29, 0.717) is 6.04 Å². The molecule has 2 atom stereocenters. The molecule has 1 saturated heterocycles. The Morgan fingerprint density at radius 1 is 1.22 bits per heavy atom. The molecule has 1 nitrogen and oxygen atoms in total. The van der Waals surface area contributed by atoms with E-state index >= 15 is 0 Å². The molecule has 2 heteroatoms. The van der Waals surface area contributed by atoms with Crippen molar-refractivity contribution in [2.24, 2.45) is 0 Å². The van der Waals surface area contributed by atoms with Gasteiger partial charge in [-0.25, -0.2) is 0 Å². The van der Waals surface area contributed by atoms with E-state index in [1.54, 1.807) is 0 Å². The lowest BCUT2D eigenvalue weighted by Gasteiger charge is -2.29. The van der Waals surface area contributed by atoms with E-state index in [9.17, 15) is 0 Å². The molecule has 1 aromatic carbocycles.